The van der Waals surface area contributed by atoms with Gasteiger partial charge in [0.15, 0.2) is 5.82 Å². The fraction of sp³-hybridized carbons (Fsp3) is 0.524. The third-order valence-electron chi connectivity index (χ3n) is 5.98. The van der Waals surface area contributed by atoms with Gasteiger partial charge in [-0.25, -0.2) is 4.79 Å². The number of carbonyl (C=O) groups excluding carboxylic acids is 2. The molecule has 1 aromatic carbocycles. The van der Waals surface area contributed by atoms with E-state index in [1.807, 2.05) is 38.1 Å². The van der Waals surface area contributed by atoms with Gasteiger partial charge in [0.05, 0.1) is 6.54 Å². The van der Waals surface area contributed by atoms with Gasteiger partial charge in [0.2, 0.25) is 11.8 Å². The number of fused-ring (bicyclic) bond motifs is 1. The third-order valence-corrected chi connectivity index (χ3v) is 5.98. The highest BCUT2D eigenvalue weighted by Gasteiger charge is 2.42. The highest BCUT2D eigenvalue weighted by Crippen LogP contribution is 2.34. The Morgan fingerprint density at radius 1 is 1.34 bits per heavy atom. The molecule has 8 nitrogen and oxygen atoms in total. The Bertz CT molecular complexity index is 911. The molecular formula is C21H27N5O3. The third kappa shape index (κ3) is 3.59. The van der Waals surface area contributed by atoms with Crippen LogP contribution in [-0.2, 0) is 11.3 Å². The smallest absolute Gasteiger partial charge is 0.321 e. The van der Waals surface area contributed by atoms with Crippen molar-refractivity contribution in [2.75, 3.05) is 11.9 Å². The second-order valence-corrected chi connectivity index (χ2v) is 7.92. The molecule has 3 unspecified atom stereocenters. The lowest BCUT2D eigenvalue weighted by Crippen LogP contribution is -2.53. The topological polar surface area (TPSA) is 91.6 Å². The van der Waals surface area contributed by atoms with E-state index in [1.54, 1.807) is 16.7 Å². The molecule has 1 N–H and O–H groups in total. The van der Waals surface area contributed by atoms with Crippen molar-refractivity contribution in [2.45, 2.75) is 58.7 Å². The summed E-state index contributed by atoms with van der Waals surface area (Å²) in [7, 11) is 0. The predicted octanol–water partition coefficient (Wildman–Crippen LogP) is 3.50. The van der Waals surface area contributed by atoms with Crippen LogP contribution in [0.3, 0.4) is 0 Å². The zero-order valence-electron chi connectivity index (χ0n) is 17.1. The van der Waals surface area contributed by atoms with Crippen molar-refractivity contribution >= 4 is 17.6 Å². The number of anilines is 1. The quantitative estimate of drug-likeness (QED) is 0.856. The average Bonchev–Trinajstić information content (AvgIpc) is 3.33. The summed E-state index contributed by atoms with van der Waals surface area (Å²) >= 11 is 0. The summed E-state index contributed by atoms with van der Waals surface area (Å²) in [6.07, 6.45) is 2.44. The number of nitrogens with zero attached hydrogens (tertiary/aromatic N) is 4. The standard InChI is InChI=1S/C21H27N5O3/c1-4-13(2)18-19(27)23-16-9-6-5-8-15(16)12-26(18)21(28)25-11-7-10-17(25)20-22-14(3)24-29-20/h5-6,8-9,13,17-18H,4,7,10-12H2,1-3H3,(H,23,27). The molecule has 3 heterocycles. The predicted molar refractivity (Wildman–Crippen MR) is 107 cm³/mol. The Morgan fingerprint density at radius 3 is 2.86 bits per heavy atom. The number of aromatic nitrogens is 2. The molecule has 1 aromatic heterocycles. The maximum Gasteiger partial charge on any atom is 0.321 e. The first kappa shape index (κ1) is 19.4. The fourth-order valence-electron chi connectivity index (χ4n) is 4.25. The summed E-state index contributed by atoms with van der Waals surface area (Å²) in [5, 5.41) is 6.90. The van der Waals surface area contributed by atoms with E-state index in [0.717, 1.165) is 30.5 Å². The van der Waals surface area contributed by atoms with Crippen LogP contribution >= 0.6 is 0 Å². The molecule has 1 fully saturated rings. The van der Waals surface area contributed by atoms with Gasteiger partial charge in [0.25, 0.3) is 0 Å². The molecule has 2 aliphatic heterocycles. The number of hydrogen-bond donors (Lipinski definition) is 1. The largest absolute Gasteiger partial charge is 0.337 e. The summed E-state index contributed by atoms with van der Waals surface area (Å²) in [6.45, 7) is 6.82. The van der Waals surface area contributed by atoms with Gasteiger partial charge in [-0.05, 0) is 37.3 Å². The van der Waals surface area contributed by atoms with E-state index >= 15 is 0 Å². The first-order valence-corrected chi connectivity index (χ1v) is 10.3. The second kappa shape index (κ2) is 7.85. The van der Waals surface area contributed by atoms with E-state index in [9.17, 15) is 9.59 Å². The van der Waals surface area contributed by atoms with Crippen LogP contribution in [0.25, 0.3) is 0 Å². The Kier molecular flexibility index (Phi) is 5.25. The summed E-state index contributed by atoms with van der Waals surface area (Å²) in [4.78, 5) is 34.7. The van der Waals surface area contributed by atoms with Gasteiger partial charge in [0, 0.05) is 12.2 Å². The van der Waals surface area contributed by atoms with Crippen LogP contribution in [0, 0.1) is 12.8 Å². The number of likely N-dealkylation sites (tertiary alicyclic amines) is 1. The van der Waals surface area contributed by atoms with Crippen molar-refractivity contribution in [3.05, 3.63) is 41.5 Å². The highest BCUT2D eigenvalue weighted by molar-refractivity contribution is 5.98. The Hall–Kier alpha value is -2.90. The molecule has 1 saturated heterocycles. The molecule has 4 rings (SSSR count). The van der Waals surface area contributed by atoms with Crippen molar-refractivity contribution in [1.29, 1.82) is 0 Å². The van der Waals surface area contributed by atoms with Crippen LogP contribution in [0.15, 0.2) is 28.8 Å². The highest BCUT2D eigenvalue weighted by atomic mass is 16.5. The number of nitrogens with one attached hydrogen (secondary N) is 1. The zero-order valence-corrected chi connectivity index (χ0v) is 17.1. The lowest BCUT2D eigenvalue weighted by atomic mass is 9.97. The van der Waals surface area contributed by atoms with E-state index in [2.05, 4.69) is 15.5 Å². The molecule has 0 saturated carbocycles. The molecule has 3 amide bonds. The number of urea groups is 1. The molecule has 29 heavy (non-hydrogen) atoms. The van der Waals surface area contributed by atoms with Crippen molar-refractivity contribution < 1.29 is 14.1 Å². The molecule has 0 bridgehead atoms. The van der Waals surface area contributed by atoms with Gasteiger partial charge in [0.1, 0.15) is 12.1 Å². The Labute approximate surface area is 170 Å². The SMILES string of the molecule is CCC(C)C1C(=O)Nc2ccccc2CN1C(=O)N1CCCC1c1nc(C)no1. The number of aryl methyl sites for hydroxylation is 1. The number of hydrogen-bond acceptors (Lipinski definition) is 5. The van der Waals surface area contributed by atoms with Gasteiger partial charge in [-0.2, -0.15) is 4.98 Å². The second-order valence-electron chi connectivity index (χ2n) is 7.92. The van der Waals surface area contributed by atoms with Crippen LogP contribution < -0.4 is 5.32 Å². The summed E-state index contributed by atoms with van der Waals surface area (Å²) in [5.41, 5.74) is 1.70. The zero-order chi connectivity index (χ0) is 20.5. The molecule has 0 radical (unpaired) electrons. The van der Waals surface area contributed by atoms with Crippen LogP contribution in [-0.4, -0.2) is 44.5 Å². The summed E-state index contributed by atoms with van der Waals surface area (Å²) in [5.74, 6) is 0.912. The number of rotatable bonds is 3. The molecule has 2 aliphatic rings. The maximum atomic E-state index is 13.7. The molecular weight excluding hydrogens is 370 g/mol. The van der Waals surface area contributed by atoms with Crippen molar-refractivity contribution in [1.82, 2.24) is 19.9 Å². The number of amides is 3. The van der Waals surface area contributed by atoms with E-state index in [0.29, 0.717) is 24.8 Å². The lowest BCUT2D eigenvalue weighted by Gasteiger charge is -2.36. The van der Waals surface area contributed by atoms with Crippen molar-refractivity contribution in [2.24, 2.45) is 5.92 Å². The number of para-hydroxylation sites is 1. The van der Waals surface area contributed by atoms with Gasteiger partial charge >= 0.3 is 6.03 Å². The first-order valence-electron chi connectivity index (χ1n) is 10.3. The monoisotopic (exact) mass is 397 g/mol. The summed E-state index contributed by atoms with van der Waals surface area (Å²) in [6, 6.07) is 6.72. The Morgan fingerprint density at radius 2 is 2.14 bits per heavy atom. The first-order chi connectivity index (χ1) is 14.0. The van der Waals surface area contributed by atoms with Crippen LogP contribution in [0.4, 0.5) is 10.5 Å². The molecule has 8 heteroatoms. The molecule has 0 spiro atoms. The van der Waals surface area contributed by atoms with Gasteiger partial charge in [-0.15, -0.1) is 0 Å². The minimum atomic E-state index is -0.537. The minimum absolute atomic E-state index is 0.0277. The van der Waals surface area contributed by atoms with Crippen molar-refractivity contribution in [3.63, 3.8) is 0 Å². The molecule has 0 aliphatic carbocycles. The van der Waals surface area contributed by atoms with Crippen LogP contribution in [0.1, 0.15) is 56.4 Å². The minimum Gasteiger partial charge on any atom is -0.337 e. The van der Waals surface area contributed by atoms with E-state index < -0.39 is 6.04 Å². The molecule has 154 valence electrons. The fourth-order valence-corrected chi connectivity index (χ4v) is 4.25. The number of benzene rings is 1. The summed E-state index contributed by atoms with van der Waals surface area (Å²) < 4.78 is 5.36. The average molecular weight is 397 g/mol. The normalized spacial score (nSPS) is 22.8. The van der Waals surface area contributed by atoms with Gasteiger partial charge in [-0.3, -0.25) is 4.79 Å². The van der Waals surface area contributed by atoms with Crippen LogP contribution in [0.2, 0.25) is 0 Å². The van der Waals surface area contributed by atoms with Gasteiger partial charge in [-0.1, -0.05) is 43.6 Å². The van der Waals surface area contributed by atoms with E-state index in [1.165, 1.54) is 0 Å². The van der Waals surface area contributed by atoms with Gasteiger partial charge < -0.3 is 19.6 Å². The Balaban J connectivity index is 1.69. The van der Waals surface area contributed by atoms with Crippen molar-refractivity contribution in [3.8, 4) is 0 Å². The van der Waals surface area contributed by atoms with Crippen LogP contribution in [0.5, 0.6) is 0 Å². The van der Waals surface area contributed by atoms with E-state index in [4.69, 9.17) is 4.52 Å². The molecule has 2 aromatic rings. The molecule has 3 atom stereocenters. The number of carbonyl (C=O) groups is 2. The van der Waals surface area contributed by atoms with E-state index in [-0.39, 0.29) is 23.9 Å². The maximum absolute atomic E-state index is 13.7. The lowest BCUT2D eigenvalue weighted by molar-refractivity contribution is -0.122.